The Hall–Kier alpha value is -1.74. The Morgan fingerprint density at radius 1 is 1.11 bits per heavy atom. The molecule has 0 atom stereocenters. The third-order valence-electron chi connectivity index (χ3n) is 3.71. The van der Waals surface area contributed by atoms with Crippen molar-refractivity contribution in [1.29, 1.82) is 0 Å². The lowest BCUT2D eigenvalue weighted by Crippen LogP contribution is -2.28. The molecule has 0 aliphatic heterocycles. The lowest BCUT2D eigenvalue weighted by Gasteiger charge is -2.12. The highest BCUT2D eigenvalue weighted by Gasteiger charge is 2.16. The molecule has 9 heteroatoms. The average Bonchev–Trinajstić information content (AvgIpc) is 2.67. The molecule has 0 heterocycles. The average molecular weight is 443 g/mol. The van der Waals surface area contributed by atoms with Crippen molar-refractivity contribution < 1.29 is 17.9 Å². The number of amides is 1. The first-order valence-corrected chi connectivity index (χ1v) is 11.4. The summed E-state index contributed by atoms with van der Waals surface area (Å²) in [6.45, 7) is 0.679. The number of nitrogens with one attached hydrogen (secondary N) is 1. The summed E-state index contributed by atoms with van der Waals surface area (Å²) in [6.07, 6.45) is 0.407. The van der Waals surface area contributed by atoms with Crippen LogP contribution in [0.5, 0.6) is 5.75 Å². The van der Waals surface area contributed by atoms with Crippen LogP contribution in [0.2, 0.25) is 5.02 Å². The molecule has 0 aromatic heterocycles. The molecular weight excluding hydrogens is 420 g/mol. The van der Waals surface area contributed by atoms with Crippen LogP contribution in [0.25, 0.3) is 0 Å². The van der Waals surface area contributed by atoms with E-state index >= 15 is 0 Å². The van der Waals surface area contributed by atoms with Gasteiger partial charge in [0.25, 0.3) is 0 Å². The van der Waals surface area contributed by atoms with Crippen molar-refractivity contribution >= 4 is 39.3 Å². The van der Waals surface area contributed by atoms with E-state index in [2.05, 4.69) is 5.32 Å². The fourth-order valence-electron chi connectivity index (χ4n) is 2.16. The molecule has 0 radical (unpaired) electrons. The van der Waals surface area contributed by atoms with Gasteiger partial charge in [0.05, 0.1) is 11.4 Å². The monoisotopic (exact) mass is 442 g/mol. The number of benzene rings is 2. The summed E-state index contributed by atoms with van der Waals surface area (Å²) in [4.78, 5) is 13.1. The first-order chi connectivity index (χ1) is 13.3. The van der Waals surface area contributed by atoms with Gasteiger partial charge in [0.2, 0.25) is 15.9 Å². The second-order valence-electron chi connectivity index (χ2n) is 6.01. The molecule has 0 saturated heterocycles. The Kier molecular flexibility index (Phi) is 8.62. The van der Waals surface area contributed by atoms with E-state index in [9.17, 15) is 13.2 Å². The number of ether oxygens (including phenoxy) is 1. The smallest absolute Gasteiger partial charge is 0.242 e. The molecule has 0 bridgehead atoms. The van der Waals surface area contributed by atoms with Crippen molar-refractivity contribution in [3.8, 4) is 5.75 Å². The molecule has 0 fully saturated rings. The van der Waals surface area contributed by atoms with Gasteiger partial charge in [0.1, 0.15) is 12.4 Å². The largest absolute Gasteiger partial charge is 0.492 e. The summed E-state index contributed by atoms with van der Waals surface area (Å²) in [5.74, 6) is 1.18. The maximum Gasteiger partial charge on any atom is 0.242 e. The van der Waals surface area contributed by atoms with Crippen LogP contribution >= 0.6 is 23.4 Å². The second-order valence-corrected chi connectivity index (χ2v) is 9.77. The van der Waals surface area contributed by atoms with E-state index in [-0.39, 0.29) is 10.8 Å². The van der Waals surface area contributed by atoms with Crippen LogP contribution in [-0.2, 0) is 14.8 Å². The van der Waals surface area contributed by atoms with Crippen LogP contribution in [0.1, 0.15) is 6.42 Å². The quantitative estimate of drug-likeness (QED) is 0.451. The van der Waals surface area contributed by atoms with E-state index < -0.39 is 10.0 Å². The molecule has 0 unspecified atom stereocenters. The standard InChI is InChI=1S/C19H23ClN2O4S2/c1-22(2)28(24,25)18-9-5-16(6-10-18)26-13-12-21-19(23)11-14-27-17-7-3-15(20)4-8-17/h3-10H,11-14H2,1-2H3,(H,21,23). The number of hydrogen-bond acceptors (Lipinski definition) is 5. The SMILES string of the molecule is CN(C)S(=O)(=O)c1ccc(OCCNC(=O)CCSc2ccc(Cl)cc2)cc1. The van der Waals surface area contributed by atoms with Crippen LogP contribution in [-0.4, -0.2) is 51.6 Å². The van der Waals surface area contributed by atoms with E-state index in [1.807, 2.05) is 24.3 Å². The summed E-state index contributed by atoms with van der Waals surface area (Å²) < 4.78 is 30.7. The lowest BCUT2D eigenvalue weighted by molar-refractivity contribution is -0.120. The minimum atomic E-state index is -3.45. The Bertz CT molecular complexity index is 870. The third kappa shape index (κ3) is 7.01. The van der Waals surface area contributed by atoms with Crippen LogP contribution in [0.15, 0.2) is 58.3 Å². The molecule has 0 aliphatic rings. The Labute approximate surface area is 175 Å². The molecule has 0 spiro atoms. The maximum absolute atomic E-state index is 12.0. The Morgan fingerprint density at radius 2 is 1.75 bits per heavy atom. The molecule has 28 heavy (non-hydrogen) atoms. The van der Waals surface area contributed by atoms with Crippen molar-refractivity contribution in [1.82, 2.24) is 9.62 Å². The molecule has 152 valence electrons. The van der Waals surface area contributed by atoms with Gasteiger partial charge >= 0.3 is 0 Å². The van der Waals surface area contributed by atoms with Gasteiger partial charge in [-0.25, -0.2) is 12.7 Å². The van der Waals surface area contributed by atoms with E-state index in [4.69, 9.17) is 16.3 Å². The predicted octanol–water partition coefficient (Wildman–Crippen LogP) is 3.27. The molecule has 1 N–H and O–H groups in total. The Morgan fingerprint density at radius 3 is 2.36 bits per heavy atom. The van der Waals surface area contributed by atoms with Crippen molar-refractivity contribution in [2.45, 2.75) is 16.2 Å². The molecule has 0 saturated carbocycles. The number of carbonyl (C=O) groups excluding carboxylic acids is 1. The zero-order chi connectivity index (χ0) is 20.6. The highest BCUT2D eigenvalue weighted by atomic mass is 35.5. The zero-order valence-corrected chi connectivity index (χ0v) is 18.1. The van der Waals surface area contributed by atoms with E-state index in [0.717, 1.165) is 9.20 Å². The summed E-state index contributed by atoms with van der Waals surface area (Å²) in [6, 6.07) is 13.7. The summed E-state index contributed by atoms with van der Waals surface area (Å²) in [5, 5.41) is 3.49. The van der Waals surface area contributed by atoms with Crippen molar-refractivity contribution in [3.63, 3.8) is 0 Å². The van der Waals surface area contributed by atoms with Crippen molar-refractivity contribution in [2.24, 2.45) is 0 Å². The minimum absolute atomic E-state index is 0.0440. The minimum Gasteiger partial charge on any atom is -0.492 e. The maximum atomic E-state index is 12.0. The molecule has 2 rings (SSSR count). The number of sulfonamides is 1. The number of nitrogens with zero attached hydrogens (tertiary/aromatic N) is 1. The van der Waals surface area contributed by atoms with Gasteiger partial charge in [0, 0.05) is 36.2 Å². The highest BCUT2D eigenvalue weighted by molar-refractivity contribution is 7.99. The second kappa shape index (κ2) is 10.7. The molecule has 2 aromatic rings. The van der Waals surface area contributed by atoms with E-state index in [0.29, 0.717) is 36.1 Å². The van der Waals surface area contributed by atoms with E-state index in [1.165, 1.54) is 26.2 Å². The topological polar surface area (TPSA) is 75.7 Å². The van der Waals surface area contributed by atoms with Crippen molar-refractivity contribution in [2.75, 3.05) is 33.0 Å². The van der Waals surface area contributed by atoms with Gasteiger partial charge < -0.3 is 10.1 Å². The third-order valence-corrected chi connectivity index (χ3v) is 6.80. The van der Waals surface area contributed by atoms with Crippen LogP contribution in [0.3, 0.4) is 0 Å². The number of hydrogen-bond donors (Lipinski definition) is 1. The van der Waals surface area contributed by atoms with Gasteiger partial charge in [0.15, 0.2) is 0 Å². The first kappa shape index (κ1) is 22.5. The summed E-state index contributed by atoms with van der Waals surface area (Å²) >= 11 is 7.43. The molecule has 2 aromatic carbocycles. The first-order valence-electron chi connectivity index (χ1n) is 8.59. The molecule has 1 amide bonds. The van der Waals surface area contributed by atoms with Crippen LogP contribution in [0.4, 0.5) is 0 Å². The summed E-state index contributed by atoms with van der Waals surface area (Å²) in [5.41, 5.74) is 0. The van der Waals surface area contributed by atoms with Gasteiger partial charge in [-0.15, -0.1) is 11.8 Å². The molecule has 0 aliphatic carbocycles. The predicted molar refractivity (Wildman–Crippen MR) is 113 cm³/mol. The normalized spacial score (nSPS) is 11.4. The molecule has 6 nitrogen and oxygen atoms in total. The van der Waals surface area contributed by atoms with Gasteiger partial charge in [-0.2, -0.15) is 0 Å². The lowest BCUT2D eigenvalue weighted by atomic mass is 10.3. The van der Waals surface area contributed by atoms with Crippen molar-refractivity contribution in [3.05, 3.63) is 53.6 Å². The Balaban J connectivity index is 1.65. The zero-order valence-electron chi connectivity index (χ0n) is 15.7. The fraction of sp³-hybridized carbons (Fsp3) is 0.316. The number of thioether (sulfide) groups is 1. The fourth-order valence-corrected chi connectivity index (χ4v) is 4.04. The summed E-state index contributed by atoms with van der Waals surface area (Å²) in [7, 11) is -0.484. The van der Waals surface area contributed by atoms with Gasteiger partial charge in [-0.1, -0.05) is 11.6 Å². The number of carbonyl (C=O) groups is 1. The van der Waals surface area contributed by atoms with Gasteiger partial charge in [-0.3, -0.25) is 4.79 Å². The van der Waals surface area contributed by atoms with E-state index in [1.54, 1.807) is 23.9 Å². The van der Waals surface area contributed by atoms with Gasteiger partial charge in [-0.05, 0) is 48.5 Å². The highest BCUT2D eigenvalue weighted by Crippen LogP contribution is 2.21. The molecular formula is C19H23ClN2O4S2. The number of rotatable bonds is 10. The van der Waals surface area contributed by atoms with Crippen LogP contribution < -0.4 is 10.1 Å². The number of halogens is 1. The van der Waals surface area contributed by atoms with Crippen LogP contribution in [0, 0.1) is 0 Å².